The Labute approximate surface area is 200 Å². The fraction of sp³-hybridized carbons (Fsp3) is 0.429. The van der Waals surface area contributed by atoms with Gasteiger partial charge in [-0.3, -0.25) is 24.0 Å². The van der Waals surface area contributed by atoms with Gasteiger partial charge in [-0.05, 0) is 18.9 Å². The molecule has 10 N–H and O–H groups in total. The van der Waals surface area contributed by atoms with Gasteiger partial charge < -0.3 is 42.7 Å². The quantitative estimate of drug-likeness (QED) is 0.128. The molecule has 0 heterocycles. The SMILES string of the molecule is CC(O)C(NC(=O)C(CC(N)=O)NC(=O)C(N)Cc1ccccc1)C(=O)NC(CC(=O)O)C(=O)O. The number of primary amides is 1. The number of hydrogen-bond donors (Lipinski definition) is 8. The Bertz CT molecular complexity index is 938. The lowest BCUT2D eigenvalue weighted by molar-refractivity contribution is -0.148. The monoisotopic (exact) mass is 495 g/mol. The third-order valence-corrected chi connectivity index (χ3v) is 4.73. The fourth-order valence-corrected chi connectivity index (χ4v) is 2.95. The zero-order valence-electron chi connectivity index (χ0n) is 18.8. The molecule has 0 aliphatic rings. The molecule has 192 valence electrons. The van der Waals surface area contributed by atoms with Crippen molar-refractivity contribution in [1.29, 1.82) is 0 Å². The van der Waals surface area contributed by atoms with Crippen LogP contribution in [0.5, 0.6) is 0 Å². The molecule has 35 heavy (non-hydrogen) atoms. The summed E-state index contributed by atoms with van der Waals surface area (Å²) in [5, 5.41) is 34.1. The molecule has 0 aromatic heterocycles. The van der Waals surface area contributed by atoms with E-state index in [0.29, 0.717) is 0 Å². The molecular weight excluding hydrogens is 466 g/mol. The average Bonchev–Trinajstić information content (AvgIpc) is 2.75. The van der Waals surface area contributed by atoms with Crippen LogP contribution in [-0.2, 0) is 35.2 Å². The van der Waals surface area contributed by atoms with E-state index in [0.717, 1.165) is 12.5 Å². The summed E-state index contributed by atoms with van der Waals surface area (Å²) in [6, 6.07) is 2.50. The molecular formula is C21H29N5O9. The van der Waals surface area contributed by atoms with Crippen LogP contribution in [-0.4, -0.2) is 81.2 Å². The van der Waals surface area contributed by atoms with Gasteiger partial charge in [-0.15, -0.1) is 0 Å². The van der Waals surface area contributed by atoms with Crippen LogP contribution >= 0.6 is 0 Å². The number of benzene rings is 1. The van der Waals surface area contributed by atoms with Crippen LogP contribution in [0.25, 0.3) is 0 Å². The highest BCUT2D eigenvalue weighted by Gasteiger charge is 2.33. The van der Waals surface area contributed by atoms with Gasteiger partial charge in [-0.2, -0.15) is 0 Å². The lowest BCUT2D eigenvalue weighted by Crippen LogP contribution is -2.60. The van der Waals surface area contributed by atoms with Crippen molar-refractivity contribution in [2.24, 2.45) is 11.5 Å². The number of aliphatic hydroxyl groups excluding tert-OH is 1. The number of aliphatic hydroxyl groups is 1. The van der Waals surface area contributed by atoms with Crippen molar-refractivity contribution in [1.82, 2.24) is 16.0 Å². The number of hydrogen-bond acceptors (Lipinski definition) is 8. The van der Waals surface area contributed by atoms with Crippen LogP contribution < -0.4 is 27.4 Å². The van der Waals surface area contributed by atoms with E-state index in [1.807, 2.05) is 5.32 Å². The minimum atomic E-state index is -1.84. The molecule has 0 bridgehead atoms. The lowest BCUT2D eigenvalue weighted by Gasteiger charge is -2.26. The maximum Gasteiger partial charge on any atom is 0.326 e. The molecule has 5 atom stereocenters. The molecule has 0 fully saturated rings. The molecule has 4 amide bonds. The zero-order valence-corrected chi connectivity index (χ0v) is 18.8. The summed E-state index contributed by atoms with van der Waals surface area (Å²) < 4.78 is 0. The van der Waals surface area contributed by atoms with Gasteiger partial charge in [0, 0.05) is 0 Å². The van der Waals surface area contributed by atoms with E-state index in [4.69, 9.17) is 21.7 Å². The number of carboxylic acid groups (broad SMARTS) is 2. The van der Waals surface area contributed by atoms with E-state index in [2.05, 4.69) is 10.6 Å². The Hall–Kier alpha value is -4.04. The minimum absolute atomic E-state index is 0.121. The molecule has 1 aromatic carbocycles. The lowest BCUT2D eigenvalue weighted by atomic mass is 10.0. The van der Waals surface area contributed by atoms with Crippen molar-refractivity contribution in [3.8, 4) is 0 Å². The van der Waals surface area contributed by atoms with Crippen molar-refractivity contribution in [3.05, 3.63) is 35.9 Å². The summed E-state index contributed by atoms with van der Waals surface area (Å²) in [5.74, 6) is -7.20. The minimum Gasteiger partial charge on any atom is -0.481 e. The van der Waals surface area contributed by atoms with Crippen LogP contribution in [0.3, 0.4) is 0 Å². The second kappa shape index (κ2) is 13.6. The van der Waals surface area contributed by atoms with Crippen LogP contribution in [0.15, 0.2) is 30.3 Å². The maximum atomic E-state index is 12.7. The van der Waals surface area contributed by atoms with Crippen molar-refractivity contribution in [2.45, 2.75) is 56.5 Å². The number of carbonyl (C=O) groups is 6. The van der Waals surface area contributed by atoms with Gasteiger partial charge >= 0.3 is 11.9 Å². The molecule has 5 unspecified atom stereocenters. The zero-order chi connectivity index (χ0) is 26.7. The van der Waals surface area contributed by atoms with Gasteiger partial charge in [0.25, 0.3) is 0 Å². The first-order chi connectivity index (χ1) is 16.3. The normalized spacial score (nSPS) is 14.9. The van der Waals surface area contributed by atoms with Gasteiger partial charge in [0.2, 0.25) is 23.6 Å². The van der Waals surface area contributed by atoms with Crippen LogP contribution in [0.2, 0.25) is 0 Å². The number of nitrogens with one attached hydrogen (secondary N) is 3. The Balaban J connectivity index is 2.94. The van der Waals surface area contributed by atoms with Crippen LogP contribution in [0.1, 0.15) is 25.3 Å². The van der Waals surface area contributed by atoms with Gasteiger partial charge in [-0.1, -0.05) is 30.3 Å². The van der Waals surface area contributed by atoms with Crippen LogP contribution in [0.4, 0.5) is 0 Å². The van der Waals surface area contributed by atoms with Gasteiger partial charge in [-0.25, -0.2) is 4.79 Å². The van der Waals surface area contributed by atoms with E-state index in [1.165, 1.54) is 0 Å². The standard InChI is InChI=1S/C21H29N5O9/c1-10(27)17(20(33)25-14(21(34)35)9-16(29)30)26-19(32)13(8-15(23)28)24-18(31)12(22)7-11-5-3-2-4-6-11/h2-6,10,12-14,17,27H,7-9,22H2,1H3,(H2,23,28)(H,24,31)(H,25,33)(H,26,32)(H,29,30)(H,34,35). The molecule has 1 aromatic rings. The first kappa shape index (κ1) is 29.0. The Morgan fingerprint density at radius 2 is 1.43 bits per heavy atom. The number of nitrogens with two attached hydrogens (primary N) is 2. The molecule has 0 spiro atoms. The molecule has 0 aliphatic carbocycles. The number of carboxylic acids is 2. The van der Waals surface area contributed by atoms with Gasteiger partial charge in [0.05, 0.1) is 25.0 Å². The smallest absolute Gasteiger partial charge is 0.326 e. The summed E-state index contributed by atoms with van der Waals surface area (Å²) >= 11 is 0. The second-order valence-electron chi connectivity index (χ2n) is 7.75. The van der Waals surface area contributed by atoms with Gasteiger partial charge in [0.1, 0.15) is 18.1 Å². The highest BCUT2D eigenvalue weighted by molar-refractivity contribution is 5.96. The fourth-order valence-electron chi connectivity index (χ4n) is 2.95. The predicted molar refractivity (Wildman–Crippen MR) is 119 cm³/mol. The highest BCUT2D eigenvalue weighted by Crippen LogP contribution is 2.04. The first-order valence-electron chi connectivity index (χ1n) is 10.4. The Morgan fingerprint density at radius 3 is 1.91 bits per heavy atom. The van der Waals surface area contributed by atoms with E-state index in [1.54, 1.807) is 30.3 Å². The molecule has 14 heteroatoms. The number of rotatable bonds is 14. The third-order valence-electron chi connectivity index (χ3n) is 4.73. The Morgan fingerprint density at radius 1 is 0.857 bits per heavy atom. The Kier molecular flexibility index (Phi) is 11.3. The van der Waals surface area contributed by atoms with Crippen LogP contribution in [0, 0.1) is 0 Å². The molecule has 0 radical (unpaired) electrons. The highest BCUT2D eigenvalue weighted by atomic mass is 16.4. The number of carbonyl (C=O) groups excluding carboxylic acids is 4. The molecule has 14 nitrogen and oxygen atoms in total. The molecule has 0 aliphatic heterocycles. The van der Waals surface area contributed by atoms with Crippen molar-refractivity contribution in [2.75, 3.05) is 0 Å². The summed E-state index contributed by atoms with van der Waals surface area (Å²) in [4.78, 5) is 71.1. The number of amides is 4. The first-order valence-corrected chi connectivity index (χ1v) is 10.4. The van der Waals surface area contributed by atoms with E-state index in [9.17, 15) is 33.9 Å². The topological polar surface area (TPSA) is 251 Å². The van der Waals surface area contributed by atoms with Crippen molar-refractivity contribution < 1.29 is 44.1 Å². The summed E-state index contributed by atoms with van der Waals surface area (Å²) in [6.45, 7) is 1.11. The van der Waals surface area contributed by atoms with E-state index < -0.39 is 78.7 Å². The summed E-state index contributed by atoms with van der Waals surface area (Å²) in [7, 11) is 0. The summed E-state index contributed by atoms with van der Waals surface area (Å²) in [5.41, 5.74) is 11.8. The van der Waals surface area contributed by atoms with Gasteiger partial charge in [0.15, 0.2) is 0 Å². The average molecular weight is 495 g/mol. The van der Waals surface area contributed by atoms with E-state index >= 15 is 0 Å². The molecule has 1 rings (SSSR count). The number of aliphatic carboxylic acids is 2. The second-order valence-corrected chi connectivity index (χ2v) is 7.75. The van der Waals surface area contributed by atoms with Crippen molar-refractivity contribution >= 4 is 35.6 Å². The maximum absolute atomic E-state index is 12.7. The third kappa shape index (κ3) is 10.2. The largest absolute Gasteiger partial charge is 0.481 e. The molecule has 0 saturated heterocycles. The summed E-state index contributed by atoms with van der Waals surface area (Å²) in [6.07, 6.45) is -3.07. The predicted octanol–water partition coefficient (Wildman–Crippen LogP) is -3.17. The van der Waals surface area contributed by atoms with Crippen molar-refractivity contribution in [3.63, 3.8) is 0 Å². The molecule has 0 saturated carbocycles. The van der Waals surface area contributed by atoms with E-state index in [-0.39, 0.29) is 6.42 Å².